The van der Waals surface area contributed by atoms with E-state index >= 15 is 0 Å². The Hall–Kier alpha value is -5.68. The zero-order valence-electron chi connectivity index (χ0n) is 19.5. The van der Waals surface area contributed by atoms with E-state index in [4.69, 9.17) is 0 Å². The minimum atomic E-state index is -1.28. The van der Waals surface area contributed by atoms with Gasteiger partial charge in [-0.15, -0.1) is 0 Å². The molecule has 0 fully saturated rings. The van der Waals surface area contributed by atoms with E-state index < -0.39 is 23.9 Å². The van der Waals surface area contributed by atoms with Crippen LogP contribution in [-0.2, 0) is 0 Å². The Balaban J connectivity index is 1.83. The maximum Gasteiger partial charge on any atom is 0.335 e. The molecule has 0 aliphatic rings. The monoisotopic (exact) mass is 506 g/mol. The van der Waals surface area contributed by atoms with Gasteiger partial charge >= 0.3 is 23.9 Å². The summed E-state index contributed by atoms with van der Waals surface area (Å²) in [6.07, 6.45) is 0. The van der Waals surface area contributed by atoms with Crippen molar-refractivity contribution in [3.63, 3.8) is 0 Å². The number of hydrogen-bond donors (Lipinski definition) is 4. The predicted octanol–water partition coefficient (Wildman–Crippen LogP) is 5.21. The number of carbonyl (C=O) groups is 4. The lowest BCUT2D eigenvalue weighted by Crippen LogP contribution is -2.03. The van der Waals surface area contributed by atoms with Crippen LogP contribution in [0.5, 0.6) is 0 Å². The molecule has 0 heterocycles. The molecule has 0 spiro atoms. The Morgan fingerprint density at radius 1 is 0.395 bits per heavy atom. The van der Waals surface area contributed by atoms with Crippen molar-refractivity contribution in [1.29, 1.82) is 0 Å². The van der Waals surface area contributed by atoms with Gasteiger partial charge in [-0.25, -0.2) is 19.2 Å². The van der Waals surface area contributed by atoms with E-state index in [9.17, 15) is 39.6 Å². The van der Waals surface area contributed by atoms with Crippen LogP contribution in [0.4, 0.5) is 0 Å². The van der Waals surface area contributed by atoms with Crippen LogP contribution in [0.2, 0.25) is 0 Å². The Morgan fingerprint density at radius 3 is 1.08 bits per heavy atom. The lowest BCUT2D eigenvalue weighted by atomic mass is 9.95. The minimum absolute atomic E-state index is 0.127. The number of hydrogen-bond acceptors (Lipinski definition) is 4. The normalized spacial score (nSPS) is 10.2. The summed E-state index contributed by atoms with van der Waals surface area (Å²) in [6, 6.07) is 21.5. The molecule has 0 aliphatic carbocycles. The molecule has 0 unspecified atom stereocenters. The van der Waals surface area contributed by atoms with Crippen molar-refractivity contribution in [1.82, 2.24) is 0 Å². The van der Waals surface area contributed by atoms with Gasteiger partial charge in [0.1, 0.15) is 0 Å². The highest BCUT2D eigenvalue weighted by molar-refractivity contribution is 5.94. The molecule has 4 rings (SSSR count). The van der Waals surface area contributed by atoms with Crippen molar-refractivity contribution in [2.45, 2.75) is 0 Å². The SMILES string of the molecule is O=C(O)c1ccc(-c2cc(C#Cc3cc(C(=O)O)cc(C(=O)O)c3)cc(-c3ccc(C(=O)O)cc3)c2)cc1. The first kappa shape index (κ1) is 25.4. The molecular weight excluding hydrogens is 488 g/mol. The third-order valence-electron chi connectivity index (χ3n) is 5.64. The molecule has 186 valence electrons. The molecule has 0 aliphatic heterocycles. The number of rotatable bonds is 6. The van der Waals surface area contributed by atoms with Crippen molar-refractivity contribution in [3.05, 3.63) is 118 Å². The summed E-state index contributed by atoms with van der Waals surface area (Å²) >= 11 is 0. The summed E-state index contributed by atoms with van der Waals surface area (Å²) in [4.78, 5) is 45.3. The highest BCUT2D eigenvalue weighted by atomic mass is 16.4. The van der Waals surface area contributed by atoms with Crippen molar-refractivity contribution >= 4 is 23.9 Å². The molecule has 0 amide bonds. The van der Waals surface area contributed by atoms with Crippen LogP contribution in [-0.4, -0.2) is 44.3 Å². The van der Waals surface area contributed by atoms with E-state index in [-0.39, 0.29) is 27.8 Å². The van der Waals surface area contributed by atoms with Gasteiger partial charge in [-0.05, 0) is 82.9 Å². The summed E-state index contributed by atoms with van der Waals surface area (Å²) in [5.41, 5.74) is 3.38. The van der Waals surface area contributed by atoms with Gasteiger partial charge < -0.3 is 20.4 Å². The van der Waals surface area contributed by atoms with E-state index in [1.165, 1.54) is 36.4 Å². The van der Waals surface area contributed by atoms with Crippen LogP contribution >= 0.6 is 0 Å². The van der Waals surface area contributed by atoms with E-state index in [0.717, 1.165) is 6.07 Å². The first-order chi connectivity index (χ1) is 18.1. The topological polar surface area (TPSA) is 149 Å². The summed E-state index contributed by atoms with van der Waals surface area (Å²) in [6.45, 7) is 0. The van der Waals surface area contributed by atoms with Crippen molar-refractivity contribution in [2.24, 2.45) is 0 Å². The molecule has 0 saturated carbocycles. The Labute approximate surface area is 216 Å². The molecule has 38 heavy (non-hydrogen) atoms. The van der Waals surface area contributed by atoms with E-state index in [0.29, 0.717) is 27.8 Å². The van der Waals surface area contributed by atoms with Crippen LogP contribution in [0.25, 0.3) is 22.3 Å². The van der Waals surface area contributed by atoms with Crippen LogP contribution in [0.15, 0.2) is 84.9 Å². The largest absolute Gasteiger partial charge is 0.478 e. The second-order valence-corrected chi connectivity index (χ2v) is 8.22. The van der Waals surface area contributed by atoms with Gasteiger partial charge in [0.15, 0.2) is 0 Å². The Bertz CT molecular complexity index is 1550. The second kappa shape index (κ2) is 10.5. The fraction of sp³-hybridized carbons (Fsp3) is 0. The van der Waals surface area contributed by atoms with Gasteiger partial charge in [0.2, 0.25) is 0 Å². The summed E-state index contributed by atoms with van der Waals surface area (Å²) in [5, 5.41) is 37.0. The quantitative estimate of drug-likeness (QED) is 0.260. The molecule has 0 saturated heterocycles. The highest BCUT2D eigenvalue weighted by Gasteiger charge is 2.11. The lowest BCUT2D eigenvalue weighted by Gasteiger charge is -2.09. The standard InChI is InChI=1S/C30H18O8/c31-27(32)21-7-3-19(4-8-21)23-11-17(12-24(15-23)20-5-9-22(10-6-20)28(33)34)1-2-18-13-25(29(35)36)16-26(14-18)30(37)38/h3-16H,(H,31,32)(H,33,34)(H,35,36)(H,37,38). The Kier molecular flexibility index (Phi) is 7.03. The maximum absolute atomic E-state index is 11.4. The first-order valence-electron chi connectivity index (χ1n) is 11.1. The Morgan fingerprint density at radius 2 is 0.737 bits per heavy atom. The van der Waals surface area contributed by atoms with Gasteiger partial charge in [0, 0.05) is 11.1 Å². The van der Waals surface area contributed by atoms with Crippen LogP contribution < -0.4 is 0 Å². The fourth-order valence-electron chi connectivity index (χ4n) is 3.73. The molecule has 0 atom stereocenters. The van der Waals surface area contributed by atoms with E-state index in [2.05, 4.69) is 11.8 Å². The van der Waals surface area contributed by atoms with Crippen molar-refractivity contribution < 1.29 is 39.6 Å². The van der Waals surface area contributed by atoms with Crippen LogP contribution in [0.1, 0.15) is 52.6 Å². The van der Waals surface area contributed by atoms with E-state index in [1.807, 2.05) is 6.07 Å². The number of carboxylic acids is 4. The fourth-order valence-corrected chi connectivity index (χ4v) is 3.73. The first-order valence-corrected chi connectivity index (χ1v) is 11.1. The molecule has 8 heteroatoms. The zero-order valence-corrected chi connectivity index (χ0v) is 19.5. The van der Waals surface area contributed by atoms with Gasteiger partial charge in [-0.3, -0.25) is 0 Å². The number of aromatic carboxylic acids is 4. The third kappa shape index (κ3) is 5.75. The third-order valence-corrected chi connectivity index (χ3v) is 5.64. The molecule has 4 N–H and O–H groups in total. The zero-order chi connectivity index (χ0) is 27.4. The molecule has 8 nitrogen and oxygen atoms in total. The lowest BCUT2D eigenvalue weighted by molar-refractivity contribution is 0.0680. The summed E-state index contributed by atoms with van der Waals surface area (Å²) in [5.74, 6) is 1.10. The molecular formula is C30H18O8. The molecule has 0 bridgehead atoms. The molecule has 0 aromatic heterocycles. The van der Waals surface area contributed by atoms with Crippen LogP contribution in [0.3, 0.4) is 0 Å². The van der Waals surface area contributed by atoms with Gasteiger partial charge in [-0.1, -0.05) is 36.1 Å². The van der Waals surface area contributed by atoms with Gasteiger partial charge in [0.05, 0.1) is 22.3 Å². The molecule has 0 radical (unpaired) electrons. The van der Waals surface area contributed by atoms with Crippen molar-refractivity contribution in [2.75, 3.05) is 0 Å². The highest BCUT2D eigenvalue weighted by Crippen LogP contribution is 2.29. The van der Waals surface area contributed by atoms with Crippen molar-refractivity contribution in [3.8, 4) is 34.1 Å². The smallest absolute Gasteiger partial charge is 0.335 e. The minimum Gasteiger partial charge on any atom is -0.478 e. The summed E-state index contributed by atoms with van der Waals surface area (Å²) < 4.78 is 0. The van der Waals surface area contributed by atoms with Gasteiger partial charge in [-0.2, -0.15) is 0 Å². The number of benzene rings is 4. The molecule has 4 aromatic rings. The molecule has 4 aromatic carbocycles. The average Bonchev–Trinajstić information content (AvgIpc) is 2.91. The number of carboxylic acid groups (broad SMARTS) is 4. The average molecular weight is 506 g/mol. The van der Waals surface area contributed by atoms with Crippen LogP contribution in [0, 0.1) is 11.8 Å². The predicted molar refractivity (Wildman–Crippen MR) is 138 cm³/mol. The summed E-state index contributed by atoms with van der Waals surface area (Å²) in [7, 11) is 0. The maximum atomic E-state index is 11.4. The van der Waals surface area contributed by atoms with E-state index in [1.54, 1.807) is 36.4 Å². The van der Waals surface area contributed by atoms with Gasteiger partial charge in [0.25, 0.3) is 0 Å². The second-order valence-electron chi connectivity index (χ2n) is 8.22.